The molecule has 0 aliphatic heterocycles. The Balaban J connectivity index is 2.08. The third-order valence-corrected chi connectivity index (χ3v) is 4.21. The summed E-state index contributed by atoms with van der Waals surface area (Å²) >= 11 is 3.32. The number of nitrogens with one attached hydrogen (secondary N) is 2. The van der Waals surface area contributed by atoms with Crippen molar-refractivity contribution in [3.8, 4) is 5.75 Å². The zero-order valence-electron chi connectivity index (χ0n) is 15.4. The molecule has 0 aliphatic carbocycles. The quantitative estimate of drug-likeness (QED) is 0.256. The molecule has 0 aromatic heterocycles. The van der Waals surface area contributed by atoms with Crippen molar-refractivity contribution in [2.24, 2.45) is 0 Å². The zero-order chi connectivity index (χ0) is 21.1. The number of carbonyl (C=O) groups is 2. The highest BCUT2D eigenvalue weighted by atomic mass is 79.9. The number of hydrogen-bond acceptors (Lipinski definition) is 6. The standard InChI is InChI=1S/C20H21BrN2O6/c21-15-6-8-16(9-7-15)22-20(26)29-18(2-1-3-19(25)23-27)14-4-10-17(11-5-14)28-13-12-24/h1,3-11,18,24,27H,2,12-13H2,(H,22,26)(H,23,25)/b3-1+/t18-/m0/s1. The van der Waals surface area contributed by atoms with Crippen molar-refractivity contribution in [3.05, 3.63) is 70.7 Å². The molecule has 8 nitrogen and oxygen atoms in total. The van der Waals surface area contributed by atoms with Crippen LogP contribution in [0.15, 0.2) is 65.2 Å². The van der Waals surface area contributed by atoms with Crippen molar-refractivity contribution in [1.29, 1.82) is 0 Å². The monoisotopic (exact) mass is 464 g/mol. The molecule has 4 N–H and O–H groups in total. The summed E-state index contributed by atoms with van der Waals surface area (Å²) in [5.41, 5.74) is 2.75. The molecule has 0 saturated heterocycles. The van der Waals surface area contributed by atoms with E-state index in [9.17, 15) is 9.59 Å². The zero-order valence-corrected chi connectivity index (χ0v) is 17.0. The van der Waals surface area contributed by atoms with Gasteiger partial charge >= 0.3 is 6.09 Å². The molecule has 2 amide bonds. The van der Waals surface area contributed by atoms with Gasteiger partial charge in [0.2, 0.25) is 0 Å². The first-order valence-electron chi connectivity index (χ1n) is 8.69. The Morgan fingerprint density at radius 1 is 1.10 bits per heavy atom. The molecule has 154 valence electrons. The van der Waals surface area contributed by atoms with E-state index >= 15 is 0 Å². The summed E-state index contributed by atoms with van der Waals surface area (Å²) in [6, 6.07) is 13.9. The number of ether oxygens (including phenoxy) is 2. The molecule has 0 fully saturated rings. The molecule has 2 aromatic carbocycles. The molecule has 0 spiro atoms. The fourth-order valence-electron chi connectivity index (χ4n) is 2.34. The summed E-state index contributed by atoms with van der Waals surface area (Å²) in [5.74, 6) is -0.119. The fourth-order valence-corrected chi connectivity index (χ4v) is 2.60. The highest BCUT2D eigenvalue weighted by molar-refractivity contribution is 9.10. The second-order valence-electron chi connectivity index (χ2n) is 5.78. The van der Waals surface area contributed by atoms with Crippen LogP contribution in [0.25, 0.3) is 0 Å². The summed E-state index contributed by atoms with van der Waals surface area (Å²) in [7, 11) is 0. The number of anilines is 1. The Labute approximate surface area is 176 Å². The maximum absolute atomic E-state index is 12.3. The van der Waals surface area contributed by atoms with Gasteiger partial charge in [0, 0.05) is 22.7 Å². The number of hydroxylamine groups is 1. The summed E-state index contributed by atoms with van der Waals surface area (Å²) in [6.45, 7) is 0.0787. The van der Waals surface area contributed by atoms with Crippen molar-refractivity contribution in [2.45, 2.75) is 12.5 Å². The van der Waals surface area contributed by atoms with E-state index in [2.05, 4.69) is 21.2 Å². The van der Waals surface area contributed by atoms with Crippen LogP contribution in [0.4, 0.5) is 10.5 Å². The molecular weight excluding hydrogens is 444 g/mol. The molecule has 0 radical (unpaired) electrons. The first kappa shape index (κ1) is 22.4. The molecular formula is C20H21BrN2O6. The van der Waals surface area contributed by atoms with Crippen LogP contribution >= 0.6 is 15.9 Å². The van der Waals surface area contributed by atoms with Gasteiger partial charge in [0.05, 0.1) is 6.61 Å². The first-order chi connectivity index (χ1) is 14.0. The van der Waals surface area contributed by atoms with E-state index in [1.807, 2.05) is 0 Å². The van der Waals surface area contributed by atoms with E-state index in [-0.39, 0.29) is 19.6 Å². The molecule has 0 saturated carbocycles. The van der Waals surface area contributed by atoms with Gasteiger partial charge in [-0.25, -0.2) is 10.3 Å². The van der Waals surface area contributed by atoms with Crippen LogP contribution in [-0.2, 0) is 9.53 Å². The minimum absolute atomic E-state index is 0.0958. The lowest BCUT2D eigenvalue weighted by Gasteiger charge is -2.18. The Morgan fingerprint density at radius 2 is 1.79 bits per heavy atom. The number of aliphatic hydroxyl groups excluding tert-OH is 1. The Hall–Kier alpha value is -2.88. The van der Waals surface area contributed by atoms with Gasteiger partial charge in [-0.3, -0.25) is 15.3 Å². The number of rotatable bonds is 9. The van der Waals surface area contributed by atoms with Crippen molar-refractivity contribution >= 4 is 33.6 Å². The molecule has 0 aliphatic rings. The van der Waals surface area contributed by atoms with Gasteiger partial charge < -0.3 is 14.6 Å². The van der Waals surface area contributed by atoms with E-state index < -0.39 is 18.1 Å². The minimum Gasteiger partial charge on any atom is -0.491 e. The van der Waals surface area contributed by atoms with Crippen LogP contribution in [0.1, 0.15) is 18.1 Å². The summed E-state index contributed by atoms with van der Waals surface area (Å²) < 4.78 is 11.7. The van der Waals surface area contributed by atoms with Crippen LogP contribution in [0.2, 0.25) is 0 Å². The van der Waals surface area contributed by atoms with Crippen molar-refractivity contribution in [3.63, 3.8) is 0 Å². The van der Waals surface area contributed by atoms with E-state index in [0.717, 1.165) is 10.5 Å². The molecule has 9 heteroatoms. The number of hydrogen-bond donors (Lipinski definition) is 4. The maximum atomic E-state index is 12.3. The van der Waals surface area contributed by atoms with Gasteiger partial charge in [0.25, 0.3) is 5.91 Å². The molecule has 1 atom stereocenters. The highest BCUT2D eigenvalue weighted by Gasteiger charge is 2.16. The van der Waals surface area contributed by atoms with Crippen molar-refractivity contribution in [2.75, 3.05) is 18.5 Å². The SMILES string of the molecule is O=C(/C=C/C[C@H](OC(=O)Nc1ccc(Br)cc1)c1ccc(OCCO)cc1)NO. The normalized spacial score (nSPS) is 11.7. The number of amides is 2. The number of carbonyl (C=O) groups excluding carboxylic acids is 2. The topological polar surface area (TPSA) is 117 Å². The van der Waals surface area contributed by atoms with Crippen LogP contribution in [0.5, 0.6) is 5.75 Å². The van der Waals surface area contributed by atoms with Crippen LogP contribution in [-0.4, -0.2) is 35.5 Å². The summed E-state index contributed by atoms with van der Waals surface area (Å²) in [6.07, 6.45) is 1.50. The van der Waals surface area contributed by atoms with E-state index in [4.69, 9.17) is 19.8 Å². The number of benzene rings is 2. The molecule has 29 heavy (non-hydrogen) atoms. The highest BCUT2D eigenvalue weighted by Crippen LogP contribution is 2.25. The lowest BCUT2D eigenvalue weighted by molar-refractivity contribution is -0.124. The molecule has 0 bridgehead atoms. The molecule has 0 heterocycles. The fraction of sp³-hybridized carbons (Fsp3) is 0.200. The third kappa shape index (κ3) is 7.94. The lowest BCUT2D eigenvalue weighted by Crippen LogP contribution is -2.18. The second kappa shape index (κ2) is 11.8. The van der Waals surface area contributed by atoms with Crippen LogP contribution in [0, 0.1) is 0 Å². The average Bonchev–Trinajstić information content (AvgIpc) is 2.73. The largest absolute Gasteiger partial charge is 0.491 e. The van der Waals surface area contributed by atoms with Gasteiger partial charge in [-0.15, -0.1) is 0 Å². The third-order valence-electron chi connectivity index (χ3n) is 3.68. The van der Waals surface area contributed by atoms with E-state index in [0.29, 0.717) is 17.0 Å². The van der Waals surface area contributed by atoms with E-state index in [1.165, 1.54) is 11.6 Å². The predicted molar refractivity (Wildman–Crippen MR) is 110 cm³/mol. The summed E-state index contributed by atoms with van der Waals surface area (Å²) in [5, 5.41) is 20.0. The second-order valence-corrected chi connectivity index (χ2v) is 6.70. The van der Waals surface area contributed by atoms with Crippen molar-refractivity contribution in [1.82, 2.24) is 5.48 Å². The molecule has 2 aromatic rings. The van der Waals surface area contributed by atoms with Crippen LogP contribution in [0.3, 0.4) is 0 Å². The first-order valence-corrected chi connectivity index (χ1v) is 9.48. The van der Waals surface area contributed by atoms with E-state index in [1.54, 1.807) is 48.5 Å². The van der Waals surface area contributed by atoms with Gasteiger partial charge in [-0.1, -0.05) is 34.1 Å². The average molecular weight is 465 g/mol. The number of aliphatic hydroxyl groups is 1. The number of halogens is 1. The molecule has 0 unspecified atom stereocenters. The predicted octanol–water partition coefficient (Wildman–Crippen LogP) is 3.56. The van der Waals surface area contributed by atoms with Gasteiger partial charge in [-0.05, 0) is 42.0 Å². The lowest BCUT2D eigenvalue weighted by atomic mass is 10.1. The molecule has 2 rings (SSSR count). The van der Waals surface area contributed by atoms with Crippen molar-refractivity contribution < 1.29 is 29.4 Å². The smallest absolute Gasteiger partial charge is 0.412 e. The Kier molecular flexibility index (Phi) is 9.16. The van der Waals surface area contributed by atoms with Gasteiger partial charge in [0.15, 0.2) is 0 Å². The van der Waals surface area contributed by atoms with Crippen LogP contribution < -0.4 is 15.5 Å². The Morgan fingerprint density at radius 3 is 2.41 bits per heavy atom. The van der Waals surface area contributed by atoms with Gasteiger partial charge in [0.1, 0.15) is 18.5 Å². The van der Waals surface area contributed by atoms with Gasteiger partial charge in [-0.2, -0.15) is 0 Å². The maximum Gasteiger partial charge on any atom is 0.412 e. The summed E-state index contributed by atoms with van der Waals surface area (Å²) in [4.78, 5) is 23.5. The minimum atomic E-state index is -0.684. The Bertz CT molecular complexity index is 824.